The molecule has 0 aromatic carbocycles. The summed E-state index contributed by atoms with van der Waals surface area (Å²) in [7, 11) is 0. The van der Waals surface area contributed by atoms with E-state index in [0.29, 0.717) is 6.54 Å². The van der Waals surface area contributed by atoms with Gasteiger partial charge in [0.15, 0.2) is 0 Å². The van der Waals surface area contributed by atoms with Crippen molar-refractivity contribution in [2.24, 2.45) is 5.84 Å². The van der Waals surface area contributed by atoms with Crippen molar-refractivity contribution in [2.75, 3.05) is 18.8 Å². The van der Waals surface area contributed by atoms with Crippen LogP contribution in [0.25, 0.3) is 0 Å². The first-order valence-corrected chi connectivity index (χ1v) is 3.43. The zero-order valence-corrected chi connectivity index (χ0v) is 5.28. The monoisotopic (exact) mass is 132 g/mol. The molecule has 0 radical (unpaired) electrons. The number of rotatable bonds is 0. The second kappa shape index (κ2) is 2.48. The van der Waals surface area contributed by atoms with Gasteiger partial charge in [-0.25, -0.2) is 5.01 Å². The quantitative estimate of drug-likeness (QED) is 0.449. The van der Waals surface area contributed by atoms with Crippen LogP contribution in [0.3, 0.4) is 0 Å². The van der Waals surface area contributed by atoms with Crippen molar-refractivity contribution in [1.82, 2.24) is 5.01 Å². The molecule has 46 valence electrons. The Bertz CT molecular complexity index is 106. The summed E-state index contributed by atoms with van der Waals surface area (Å²) in [4.78, 5) is 10.5. The molecule has 0 aliphatic carbocycles. The zero-order valence-electron chi connectivity index (χ0n) is 4.46. The number of carbonyl (C=O) groups is 1. The Morgan fingerprint density at radius 3 is 2.88 bits per heavy atom. The SMILES string of the molecule is NN1CCSC(=O)C1. The predicted molar refractivity (Wildman–Crippen MR) is 33.2 cm³/mol. The van der Waals surface area contributed by atoms with Crippen LogP contribution in [-0.4, -0.2) is 29.0 Å². The van der Waals surface area contributed by atoms with Gasteiger partial charge in [-0.05, 0) is 0 Å². The molecule has 0 amide bonds. The predicted octanol–water partition coefficient (Wildman–Crippen LogP) is -0.565. The van der Waals surface area contributed by atoms with Crippen molar-refractivity contribution in [3.8, 4) is 0 Å². The molecule has 3 nitrogen and oxygen atoms in total. The van der Waals surface area contributed by atoms with Gasteiger partial charge in [0, 0.05) is 12.3 Å². The summed E-state index contributed by atoms with van der Waals surface area (Å²) in [6, 6.07) is 0. The van der Waals surface area contributed by atoms with E-state index in [2.05, 4.69) is 0 Å². The first kappa shape index (κ1) is 6.07. The Balaban J connectivity index is 2.34. The fourth-order valence-electron chi connectivity index (χ4n) is 0.567. The highest BCUT2D eigenvalue weighted by molar-refractivity contribution is 8.13. The first-order chi connectivity index (χ1) is 3.79. The Hall–Kier alpha value is -0.0600. The average molecular weight is 132 g/mol. The standard InChI is InChI=1S/C4H8N2OS/c5-6-1-2-8-4(7)3-6/h1-3,5H2. The van der Waals surface area contributed by atoms with Crippen LogP contribution in [0.5, 0.6) is 0 Å². The summed E-state index contributed by atoms with van der Waals surface area (Å²) in [5.74, 6) is 6.17. The van der Waals surface area contributed by atoms with Gasteiger partial charge >= 0.3 is 0 Å². The lowest BCUT2D eigenvalue weighted by atomic mass is 10.6. The Morgan fingerprint density at radius 1 is 1.75 bits per heavy atom. The van der Waals surface area contributed by atoms with Crippen LogP contribution in [0.2, 0.25) is 0 Å². The van der Waals surface area contributed by atoms with Gasteiger partial charge in [0.05, 0.1) is 6.54 Å². The summed E-state index contributed by atoms with van der Waals surface area (Å²) < 4.78 is 0. The van der Waals surface area contributed by atoms with Gasteiger partial charge in [-0.1, -0.05) is 11.8 Å². The third kappa shape index (κ3) is 1.47. The van der Waals surface area contributed by atoms with E-state index in [1.807, 2.05) is 0 Å². The van der Waals surface area contributed by atoms with Crippen LogP contribution >= 0.6 is 11.8 Å². The molecule has 0 bridgehead atoms. The van der Waals surface area contributed by atoms with Crippen molar-refractivity contribution in [3.05, 3.63) is 0 Å². The molecule has 1 aliphatic rings. The minimum Gasteiger partial charge on any atom is -0.286 e. The lowest BCUT2D eigenvalue weighted by Gasteiger charge is -2.18. The normalized spacial score (nSPS) is 23.9. The molecule has 0 aromatic heterocycles. The zero-order chi connectivity index (χ0) is 5.98. The Labute approximate surface area is 52.2 Å². The molecule has 1 heterocycles. The number of hydrogen-bond donors (Lipinski definition) is 1. The number of hydrogen-bond acceptors (Lipinski definition) is 4. The second-order valence-electron chi connectivity index (χ2n) is 1.69. The molecule has 1 aliphatic heterocycles. The maximum Gasteiger partial charge on any atom is 0.204 e. The van der Waals surface area contributed by atoms with Gasteiger partial charge in [0.2, 0.25) is 5.12 Å². The molecule has 8 heavy (non-hydrogen) atoms. The molecule has 0 aromatic rings. The molecule has 1 rings (SSSR count). The van der Waals surface area contributed by atoms with Crippen molar-refractivity contribution in [3.63, 3.8) is 0 Å². The molecule has 0 saturated carbocycles. The van der Waals surface area contributed by atoms with Crippen LogP contribution in [-0.2, 0) is 4.79 Å². The van der Waals surface area contributed by atoms with Gasteiger partial charge in [0.1, 0.15) is 0 Å². The number of thioether (sulfide) groups is 1. The molecule has 0 spiro atoms. The number of hydrazine groups is 1. The molecular formula is C4H8N2OS. The largest absolute Gasteiger partial charge is 0.286 e. The smallest absolute Gasteiger partial charge is 0.204 e. The Morgan fingerprint density at radius 2 is 2.50 bits per heavy atom. The van der Waals surface area contributed by atoms with Crippen LogP contribution in [0, 0.1) is 0 Å². The van der Waals surface area contributed by atoms with Gasteiger partial charge in [-0.3, -0.25) is 10.6 Å². The van der Waals surface area contributed by atoms with Crippen molar-refractivity contribution < 1.29 is 4.79 Å². The van der Waals surface area contributed by atoms with Crippen LogP contribution < -0.4 is 5.84 Å². The van der Waals surface area contributed by atoms with Crippen LogP contribution in [0.1, 0.15) is 0 Å². The molecule has 1 fully saturated rings. The van der Waals surface area contributed by atoms with Crippen LogP contribution in [0.4, 0.5) is 0 Å². The minimum atomic E-state index is 0.179. The third-order valence-corrected chi connectivity index (χ3v) is 1.81. The molecule has 2 N–H and O–H groups in total. The number of nitrogens with two attached hydrogens (primary N) is 1. The number of nitrogens with zero attached hydrogens (tertiary/aromatic N) is 1. The molecule has 4 heteroatoms. The number of carbonyl (C=O) groups excluding carboxylic acids is 1. The van der Waals surface area contributed by atoms with E-state index in [9.17, 15) is 4.79 Å². The van der Waals surface area contributed by atoms with Gasteiger partial charge < -0.3 is 0 Å². The van der Waals surface area contributed by atoms with E-state index < -0.39 is 0 Å². The maximum absolute atomic E-state index is 10.5. The highest BCUT2D eigenvalue weighted by Gasteiger charge is 2.12. The van der Waals surface area contributed by atoms with Crippen LogP contribution in [0.15, 0.2) is 0 Å². The average Bonchev–Trinajstić information content (AvgIpc) is 1.64. The van der Waals surface area contributed by atoms with Crippen molar-refractivity contribution >= 4 is 16.9 Å². The topological polar surface area (TPSA) is 46.3 Å². The van der Waals surface area contributed by atoms with Gasteiger partial charge in [0.25, 0.3) is 0 Å². The minimum absolute atomic E-state index is 0.179. The Kier molecular flexibility index (Phi) is 1.88. The first-order valence-electron chi connectivity index (χ1n) is 2.44. The van der Waals surface area contributed by atoms with Crippen molar-refractivity contribution in [2.45, 2.75) is 0 Å². The van der Waals surface area contributed by atoms with Gasteiger partial charge in [-0.2, -0.15) is 0 Å². The van der Waals surface area contributed by atoms with E-state index in [1.54, 1.807) is 5.01 Å². The van der Waals surface area contributed by atoms with E-state index in [-0.39, 0.29) is 5.12 Å². The van der Waals surface area contributed by atoms with Gasteiger partial charge in [-0.15, -0.1) is 0 Å². The summed E-state index contributed by atoms with van der Waals surface area (Å²) in [6.45, 7) is 1.24. The molecule has 1 saturated heterocycles. The van der Waals surface area contributed by atoms with E-state index in [4.69, 9.17) is 5.84 Å². The molecule has 0 unspecified atom stereocenters. The fraction of sp³-hybridized carbons (Fsp3) is 0.750. The third-order valence-electron chi connectivity index (χ3n) is 0.974. The second-order valence-corrected chi connectivity index (χ2v) is 2.84. The summed E-state index contributed by atoms with van der Waals surface area (Å²) >= 11 is 1.36. The van der Waals surface area contributed by atoms with Crippen molar-refractivity contribution in [1.29, 1.82) is 0 Å². The summed E-state index contributed by atoms with van der Waals surface area (Å²) in [5, 5.41) is 1.72. The molecular weight excluding hydrogens is 124 g/mol. The highest BCUT2D eigenvalue weighted by atomic mass is 32.2. The molecule has 0 atom stereocenters. The maximum atomic E-state index is 10.5. The summed E-state index contributed by atoms with van der Waals surface area (Å²) in [5.41, 5.74) is 0. The lowest BCUT2D eigenvalue weighted by Crippen LogP contribution is -2.40. The van der Waals surface area contributed by atoms with E-state index in [1.165, 1.54) is 11.8 Å². The van der Waals surface area contributed by atoms with E-state index >= 15 is 0 Å². The van der Waals surface area contributed by atoms with E-state index in [0.717, 1.165) is 12.3 Å². The highest BCUT2D eigenvalue weighted by Crippen LogP contribution is 2.07. The fourth-order valence-corrected chi connectivity index (χ4v) is 1.38. The summed E-state index contributed by atoms with van der Waals surface area (Å²) in [6.07, 6.45) is 0. The lowest BCUT2D eigenvalue weighted by molar-refractivity contribution is -0.112.